The van der Waals surface area contributed by atoms with Gasteiger partial charge in [-0.3, -0.25) is 0 Å². The van der Waals surface area contributed by atoms with Crippen molar-refractivity contribution in [2.24, 2.45) is 0 Å². The molecule has 0 bridgehead atoms. The number of sulfonamides is 1. The lowest BCUT2D eigenvalue weighted by atomic mass is 10.1. The van der Waals surface area contributed by atoms with Gasteiger partial charge in [0.05, 0.1) is 24.7 Å². The van der Waals surface area contributed by atoms with Crippen LogP contribution in [-0.2, 0) is 14.8 Å². The van der Waals surface area contributed by atoms with Crippen LogP contribution in [0.5, 0.6) is 5.75 Å². The third kappa shape index (κ3) is 4.03. The minimum Gasteiger partial charge on any atom is -0.497 e. The lowest BCUT2D eigenvalue weighted by molar-refractivity contribution is -0.0247. The van der Waals surface area contributed by atoms with E-state index >= 15 is 0 Å². The first-order chi connectivity index (χ1) is 10.8. The smallest absolute Gasteiger partial charge is 0.243 e. The van der Waals surface area contributed by atoms with Gasteiger partial charge in [-0.05, 0) is 44.2 Å². The first-order valence-corrected chi connectivity index (χ1v) is 9.11. The van der Waals surface area contributed by atoms with Crippen LogP contribution in [0.4, 0.5) is 0 Å². The largest absolute Gasteiger partial charge is 0.497 e. The average Bonchev–Trinajstić information content (AvgIpc) is 2.46. The van der Waals surface area contributed by atoms with E-state index in [0.717, 1.165) is 13.1 Å². The summed E-state index contributed by atoms with van der Waals surface area (Å²) in [5.41, 5.74) is 1.38. The van der Waals surface area contributed by atoms with Crippen LogP contribution in [0.3, 0.4) is 0 Å². The van der Waals surface area contributed by atoms with E-state index in [4.69, 9.17) is 9.47 Å². The summed E-state index contributed by atoms with van der Waals surface area (Å²) in [5.74, 6) is 0.666. The predicted molar refractivity (Wildman–Crippen MR) is 89.5 cm³/mol. The van der Waals surface area contributed by atoms with Crippen molar-refractivity contribution >= 4 is 10.0 Å². The second-order valence-electron chi connectivity index (χ2n) is 6.13. The zero-order valence-electron chi connectivity index (χ0n) is 14.5. The monoisotopic (exact) mass is 342 g/mol. The first-order valence-electron chi connectivity index (χ1n) is 7.67. The van der Waals surface area contributed by atoms with Gasteiger partial charge in [-0.2, -0.15) is 4.31 Å². The molecule has 0 saturated carbocycles. The highest BCUT2D eigenvalue weighted by atomic mass is 32.2. The highest BCUT2D eigenvalue weighted by Gasteiger charge is 2.29. The van der Waals surface area contributed by atoms with Gasteiger partial charge in [-0.25, -0.2) is 8.42 Å². The van der Waals surface area contributed by atoms with Crippen molar-refractivity contribution in [1.82, 2.24) is 9.21 Å². The lowest BCUT2D eigenvalue weighted by Gasteiger charge is -2.32. The van der Waals surface area contributed by atoms with Crippen LogP contribution >= 0.6 is 0 Å². The highest BCUT2D eigenvalue weighted by molar-refractivity contribution is 7.89. The van der Waals surface area contributed by atoms with E-state index in [0.29, 0.717) is 34.9 Å². The maximum Gasteiger partial charge on any atom is 0.243 e. The quantitative estimate of drug-likeness (QED) is 0.806. The molecule has 1 aromatic rings. The van der Waals surface area contributed by atoms with Gasteiger partial charge < -0.3 is 14.4 Å². The summed E-state index contributed by atoms with van der Waals surface area (Å²) in [6.07, 6.45) is -0.104. The Balaban J connectivity index is 2.24. The molecular formula is C16H26N2O4S. The second-order valence-corrected chi connectivity index (χ2v) is 8.11. The molecule has 1 fully saturated rings. The average molecular weight is 342 g/mol. The van der Waals surface area contributed by atoms with Crippen molar-refractivity contribution < 1.29 is 17.9 Å². The summed E-state index contributed by atoms with van der Waals surface area (Å²) in [7, 11) is 1.64. The van der Waals surface area contributed by atoms with E-state index in [2.05, 4.69) is 4.90 Å². The van der Waals surface area contributed by atoms with E-state index in [9.17, 15) is 8.42 Å². The zero-order valence-corrected chi connectivity index (χ0v) is 15.3. The maximum absolute atomic E-state index is 12.9. The van der Waals surface area contributed by atoms with Crippen LogP contribution in [0.15, 0.2) is 17.0 Å². The number of morpholine rings is 1. The number of benzene rings is 1. The SMILES string of the molecule is COc1cc(C)c(S(=O)(=O)N(C)CC2CN(C)CCO2)c(C)c1. The Morgan fingerprint density at radius 2 is 1.96 bits per heavy atom. The van der Waals surface area contributed by atoms with Crippen LogP contribution in [0.2, 0.25) is 0 Å². The molecule has 7 heteroatoms. The van der Waals surface area contributed by atoms with E-state index in [1.165, 1.54) is 4.31 Å². The number of likely N-dealkylation sites (N-methyl/N-ethyl adjacent to an activating group) is 2. The van der Waals surface area contributed by atoms with Crippen LogP contribution in [0.25, 0.3) is 0 Å². The van der Waals surface area contributed by atoms with Crippen molar-refractivity contribution in [3.05, 3.63) is 23.3 Å². The van der Waals surface area contributed by atoms with Gasteiger partial charge >= 0.3 is 0 Å². The standard InChI is InChI=1S/C16H26N2O4S/c1-12-8-14(21-5)9-13(2)16(12)23(19,20)18(4)11-15-10-17(3)6-7-22-15/h8-9,15H,6-7,10-11H2,1-5H3. The Kier molecular flexibility index (Phi) is 5.67. The summed E-state index contributed by atoms with van der Waals surface area (Å²) in [5, 5.41) is 0. The van der Waals surface area contributed by atoms with Gasteiger partial charge in [0.15, 0.2) is 0 Å². The van der Waals surface area contributed by atoms with Gasteiger partial charge in [-0.1, -0.05) is 0 Å². The molecule has 1 aliphatic rings. The Hall–Kier alpha value is -1.15. The fraction of sp³-hybridized carbons (Fsp3) is 0.625. The Bertz CT molecular complexity index is 637. The first kappa shape index (κ1) is 18.2. The molecule has 1 unspecified atom stereocenters. The summed E-state index contributed by atoms with van der Waals surface area (Å²) in [6.45, 7) is 6.18. The van der Waals surface area contributed by atoms with Crippen LogP contribution in [0, 0.1) is 13.8 Å². The molecule has 1 aromatic carbocycles. The Morgan fingerprint density at radius 3 is 2.48 bits per heavy atom. The van der Waals surface area contributed by atoms with E-state index in [1.807, 2.05) is 7.05 Å². The lowest BCUT2D eigenvalue weighted by Crippen LogP contribution is -2.46. The molecule has 0 radical (unpaired) electrons. The highest BCUT2D eigenvalue weighted by Crippen LogP contribution is 2.28. The zero-order chi connectivity index (χ0) is 17.2. The number of rotatable bonds is 5. The minimum atomic E-state index is -3.56. The molecule has 0 aromatic heterocycles. The van der Waals surface area contributed by atoms with Crippen molar-refractivity contribution in [1.29, 1.82) is 0 Å². The normalized spacial score (nSPS) is 20.0. The van der Waals surface area contributed by atoms with E-state index < -0.39 is 10.0 Å². The van der Waals surface area contributed by atoms with Gasteiger partial charge in [-0.15, -0.1) is 0 Å². The van der Waals surface area contributed by atoms with Crippen molar-refractivity contribution in [2.75, 3.05) is 47.4 Å². The van der Waals surface area contributed by atoms with E-state index in [1.54, 1.807) is 40.1 Å². The van der Waals surface area contributed by atoms with Crippen LogP contribution < -0.4 is 4.74 Å². The van der Waals surface area contributed by atoms with Crippen LogP contribution in [-0.4, -0.2) is 71.2 Å². The Labute approximate surface area is 139 Å². The second kappa shape index (κ2) is 7.17. The molecule has 0 N–H and O–H groups in total. The molecule has 1 atom stereocenters. The number of methoxy groups -OCH3 is 1. The number of hydrogen-bond acceptors (Lipinski definition) is 5. The van der Waals surface area contributed by atoms with Gasteiger partial charge in [0.1, 0.15) is 5.75 Å². The fourth-order valence-electron chi connectivity index (χ4n) is 2.95. The molecule has 1 heterocycles. The fourth-order valence-corrected chi connectivity index (χ4v) is 4.56. The van der Waals surface area contributed by atoms with Crippen LogP contribution in [0.1, 0.15) is 11.1 Å². The predicted octanol–water partition coefficient (Wildman–Crippen LogP) is 1.26. The maximum atomic E-state index is 12.9. The van der Waals surface area contributed by atoms with Gasteiger partial charge in [0, 0.05) is 26.7 Å². The summed E-state index contributed by atoms with van der Waals surface area (Å²) in [6, 6.07) is 3.50. The third-order valence-electron chi connectivity index (χ3n) is 4.14. The number of aryl methyl sites for hydroxylation is 2. The number of ether oxygens (including phenoxy) is 2. The van der Waals surface area contributed by atoms with Crippen molar-refractivity contribution in [3.8, 4) is 5.75 Å². The summed E-state index contributed by atoms with van der Waals surface area (Å²) < 4.78 is 38.2. The summed E-state index contributed by atoms with van der Waals surface area (Å²) >= 11 is 0. The molecular weight excluding hydrogens is 316 g/mol. The molecule has 2 rings (SSSR count). The van der Waals surface area contributed by atoms with Crippen molar-refractivity contribution in [2.45, 2.75) is 24.8 Å². The molecule has 130 valence electrons. The summed E-state index contributed by atoms with van der Waals surface area (Å²) in [4.78, 5) is 2.50. The molecule has 1 aliphatic heterocycles. The third-order valence-corrected chi connectivity index (χ3v) is 6.27. The molecule has 0 amide bonds. The molecule has 23 heavy (non-hydrogen) atoms. The number of hydrogen-bond donors (Lipinski definition) is 0. The number of nitrogens with zero attached hydrogens (tertiary/aromatic N) is 2. The molecule has 0 spiro atoms. The van der Waals surface area contributed by atoms with E-state index in [-0.39, 0.29) is 6.10 Å². The topological polar surface area (TPSA) is 59.1 Å². The Morgan fingerprint density at radius 1 is 1.35 bits per heavy atom. The molecule has 1 saturated heterocycles. The van der Waals surface area contributed by atoms with Gasteiger partial charge in [0.25, 0.3) is 0 Å². The van der Waals surface area contributed by atoms with Gasteiger partial charge in [0.2, 0.25) is 10.0 Å². The molecule has 0 aliphatic carbocycles. The molecule has 6 nitrogen and oxygen atoms in total. The van der Waals surface area contributed by atoms with Crippen molar-refractivity contribution in [3.63, 3.8) is 0 Å². The minimum absolute atomic E-state index is 0.104.